The van der Waals surface area contributed by atoms with Gasteiger partial charge in [-0.15, -0.1) is 0 Å². The number of aryl methyl sites for hydroxylation is 1. The molecule has 2 aromatic carbocycles. The molecule has 0 aromatic heterocycles. The Morgan fingerprint density at radius 1 is 1.19 bits per heavy atom. The molecule has 82 valence electrons. The summed E-state index contributed by atoms with van der Waals surface area (Å²) in [5.41, 5.74) is 1.17. The molecule has 0 bridgehead atoms. The molecule has 1 atom stereocenters. The van der Waals surface area contributed by atoms with Crippen molar-refractivity contribution in [3.63, 3.8) is 0 Å². The summed E-state index contributed by atoms with van der Waals surface area (Å²) in [7, 11) is -2.40. The Labute approximate surface area is 94.7 Å². The molecule has 3 rings (SSSR count). The monoisotopic (exact) mass is 232 g/mol. The summed E-state index contributed by atoms with van der Waals surface area (Å²) in [6.07, 6.45) is 1.51. The SMILES string of the molecule is CP1(=O)CCc2cc3ccccc3cc2O1. The van der Waals surface area contributed by atoms with E-state index in [0.29, 0.717) is 6.16 Å². The van der Waals surface area contributed by atoms with Crippen molar-refractivity contribution in [1.82, 2.24) is 0 Å². The Morgan fingerprint density at radius 2 is 1.88 bits per heavy atom. The molecule has 0 saturated carbocycles. The molecule has 0 spiro atoms. The minimum absolute atomic E-state index is 0.651. The van der Waals surface area contributed by atoms with Gasteiger partial charge in [-0.3, -0.25) is 4.57 Å². The lowest BCUT2D eigenvalue weighted by Crippen LogP contribution is -2.08. The van der Waals surface area contributed by atoms with E-state index in [9.17, 15) is 4.57 Å². The van der Waals surface area contributed by atoms with Crippen LogP contribution in [0.1, 0.15) is 5.56 Å². The van der Waals surface area contributed by atoms with Crippen molar-refractivity contribution < 1.29 is 9.09 Å². The zero-order valence-corrected chi connectivity index (χ0v) is 10.0. The second-order valence-corrected chi connectivity index (χ2v) is 7.04. The molecule has 1 heterocycles. The summed E-state index contributed by atoms with van der Waals surface area (Å²) in [6, 6.07) is 12.3. The van der Waals surface area contributed by atoms with E-state index >= 15 is 0 Å². The van der Waals surface area contributed by atoms with Gasteiger partial charge in [0.05, 0.1) is 0 Å². The summed E-state index contributed by atoms with van der Waals surface area (Å²) in [4.78, 5) is 0. The first-order valence-electron chi connectivity index (χ1n) is 5.42. The Morgan fingerprint density at radius 3 is 2.62 bits per heavy atom. The van der Waals surface area contributed by atoms with Crippen LogP contribution in [-0.4, -0.2) is 12.8 Å². The fourth-order valence-electron chi connectivity index (χ4n) is 2.12. The first-order chi connectivity index (χ1) is 7.64. The largest absolute Gasteiger partial charge is 0.443 e. The second-order valence-electron chi connectivity index (χ2n) is 4.39. The molecule has 0 fully saturated rings. The molecular weight excluding hydrogens is 219 g/mol. The molecule has 3 heteroatoms. The second kappa shape index (κ2) is 3.36. The number of hydrogen-bond donors (Lipinski definition) is 0. The molecule has 2 nitrogen and oxygen atoms in total. The van der Waals surface area contributed by atoms with Crippen LogP contribution in [0.15, 0.2) is 36.4 Å². The first kappa shape index (κ1) is 9.92. The van der Waals surface area contributed by atoms with Crippen LogP contribution in [0.25, 0.3) is 10.8 Å². The molecule has 1 aliphatic heterocycles. The zero-order chi connectivity index (χ0) is 11.2. The average Bonchev–Trinajstić information content (AvgIpc) is 2.25. The Kier molecular flexibility index (Phi) is 2.08. The predicted molar refractivity (Wildman–Crippen MR) is 66.7 cm³/mol. The van der Waals surface area contributed by atoms with Gasteiger partial charge in [0.2, 0.25) is 7.37 Å². The van der Waals surface area contributed by atoms with Gasteiger partial charge >= 0.3 is 0 Å². The van der Waals surface area contributed by atoms with Crippen molar-refractivity contribution in [1.29, 1.82) is 0 Å². The lowest BCUT2D eigenvalue weighted by molar-refractivity contribution is 0.475. The first-order valence-corrected chi connectivity index (χ1v) is 7.68. The van der Waals surface area contributed by atoms with E-state index in [-0.39, 0.29) is 0 Å². The van der Waals surface area contributed by atoms with Crippen LogP contribution >= 0.6 is 7.37 Å². The van der Waals surface area contributed by atoms with E-state index in [0.717, 1.165) is 17.6 Å². The number of rotatable bonds is 0. The standard InChI is InChI=1S/C13H13O2P/c1-16(14)7-6-12-8-10-4-2-3-5-11(10)9-13(12)15-16/h2-5,8-9H,6-7H2,1H3. The maximum absolute atomic E-state index is 11.9. The van der Waals surface area contributed by atoms with E-state index in [2.05, 4.69) is 12.1 Å². The molecular formula is C13H13O2P. The number of benzene rings is 2. The number of fused-ring (bicyclic) bond motifs is 2. The minimum Gasteiger partial charge on any atom is -0.443 e. The third kappa shape index (κ3) is 1.64. The highest BCUT2D eigenvalue weighted by molar-refractivity contribution is 7.58. The molecule has 16 heavy (non-hydrogen) atoms. The summed E-state index contributed by atoms with van der Waals surface area (Å²) in [5, 5.41) is 2.36. The van der Waals surface area contributed by atoms with Crippen molar-refractivity contribution in [2.24, 2.45) is 0 Å². The van der Waals surface area contributed by atoms with Gasteiger partial charge in [0.25, 0.3) is 0 Å². The normalized spacial score (nSPS) is 23.8. The van der Waals surface area contributed by atoms with Crippen LogP contribution in [0.3, 0.4) is 0 Å². The molecule has 0 aliphatic carbocycles. The summed E-state index contributed by atoms with van der Waals surface area (Å²) < 4.78 is 17.5. The minimum atomic E-state index is -2.40. The number of hydrogen-bond acceptors (Lipinski definition) is 2. The third-order valence-corrected chi connectivity index (χ3v) is 4.63. The zero-order valence-electron chi connectivity index (χ0n) is 9.14. The molecule has 1 unspecified atom stereocenters. The van der Waals surface area contributed by atoms with Gasteiger partial charge in [-0.2, -0.15) is 0 Å². The van der Waals surface area contributed by atoms with Gasteiger partial charge in [0, 0.05) is 12.8 Å². The molecule has 0 amide bonds. The van der Waals surface area contributed by atoms with E-state index in [1.54, 1.807) is 6.66 Å². The van der Waals surface area contributed by atoms with E-state index in [1.807, 2.05) is 24.3 Å². The van der Waals surface area contributed by atoms with Crippen molar-refractivity contribution >= 4 is 18.1 Å². The van der Waals surface area contributed by atoms with Gasteiger partial charge in [-0.25, -0.2) is 0 Å². The van der Waals surface area contributed by atoms with Crippen LogP contribution in [0.4, 0.5) is 0 Å². The Bertz CT molecular complexity index is 604. The van der Waals surface area contributed by atoms with E-state index < -0.39 is 7.37 Å². The van der Waals surface area contributed by atoms with Crippen molar-refractivity contribution in [2.75, 3.05) is 12.8 Å². The van der Waals surface area contributed by atoms with Crippen molar-refractivity contribution in [3.8, 4) is 5.75 Å². The van der Waals surface area contributed by atoms with Crippen LogP contribution in [0.5, 0.6) is 5.75 Å². The quantitative estimate of drug-likeness (QED) is 0.647. The highest BCUT2D eigenvalue weighted by Crippen LogP contribution is 2.49. The van der Waals surface area contributed by atoms with Gasteiger partial charge in [-0.1, -0.05) is 24.3 Å². The van der Waals surface area contributed by atoms with Crippen LogP contribution < -0.4 is 4.52 Å². The molecule has 0 saturated heterocycles. The third-order valence-electron chi connectivity index (χ3n) is 3.01. The van der Waals surface area contributed by atoms with E-state index in [1.165, 1.54) is 10.9 Å². The maximum atomic E-state index is 11.9. The van der Waals surface area contributed by atoms with Crippen molar-refractivity contribution in [3.05, 3.63) is 42.0 Å². The van der Waals surface area contributed by atoms with Crippen LogP contribution in [-0.2, 0) is 11.0 Å². The lowest BCUT2D eigenvalue weighted by atomic mass is 10.0. The fourth-order valence-corrected chi connectivity index (χ4v) is 3.45. The molecule has 0 N–H and O–H groups in total. The van der Waals surface area contributed by atoms with Crippen LogP contribution in [0, 0.1) is 0 Å². The van der Waals surface area contributed by atoms with Crippen LogP contribution in [0.2, 0.25) is 0 Å². The Balaban J connectivity index is 2.21. The fraction of sp³-hybridized carbons (Fsp3) is 0.231. The van der Waals surface area contributed by atoms with E-state index in [4.69, 9.17) is 4.52 Å². The van der Waals surface area contributed by atoms with Crippen molar-refractivity contribution in [2.45, 2.75) is 6.42 Å². The Hall–Kier alpha value is -1.27. The summed E-state index contributed by atoms with van der Waals surface area (Å²) >= 11 is 0. The molecule has 1 aliphatic rings. The topological polar surface area (TPSA) is 26.3 Å². The molecule has 0 radical (unpaired) electrons. The van der Waals surface area contributed by atoms with Gasteiger partial charge < -0.3 is 4.52 Å². The predicted octanol–water partition coefficient (Wildman–Crippen LogP) is 3.68. The average molecular weight is 232 g/mol. The van der Waals surface area contributed by atoms with Gasteiger partial charge in [-0.05, 0) is 34.9 Å². The summed E-state index contributed by atoms with van der Waals surface area (Å²) in [5.74, 6) is 0.802. The maximum Gasteiger partial charge on any atom is 0.245 e. The molecule has 2 aromatic rings. The smallest absolute Gasteiger partial charge is 0.245 e. The van der Waals surface area contributed by atoms with Gasteiger partial charge in [0.15, 0.2) is 0 Å². The summed E-state index contributed by atoms with van der Waals surface area (Å²) in [6.45, 7) is 1.71. The lowest BCUT2D eigenvalue weighted by Gasteiger charge is -2.23. The highest BCUT2D eigenvalue weighted by Gasteiger charge is 2.25. The van der Waals surface area contributed by atoms with Gasteiger partial charge in [0.1, 0.15) is 5.75 Å². The highest BCUT2D eigenvalue weighted by atomic mass is 31.2.